The minimum absolute atomic E-state index is 0.0941. The summed E-state index contributed by atoms with van der Waals surface area (Å²) in [6.45, 7) is 0. The molecule has 0 nitrogen and oxygen atoms in total. The fourth-order valence-corrected chi connectivity index (χ4v) is 3.94. The molecule has 1 aromatic carbocycles. The van der Waals surface area contributed by atoms with E-state index in [1.165, 1.54) is 14.5 Å². The summed E-state index contributed by atoms with van der Waals surface area (Å²) in [5.74, 6) is -0.244. The molecule has 1 atom stereocenters. The summed E-state index contributed by atoms with van der Waals surface area (Å²) in [5.41, 5.74) is 1.73. The molecule has 0 N–H and O–H groups in total. The van der Waals surface area contributed by atoms with Crippen LogP contribution in [-0.2, 0) is 6.42 Å². The van der Waals surface area contributed by atoms with Gasteiger partial charge in [0.1, 0.15) is 5.82 Å². The highest BCUT2D eigenvalue weighted by atomic mass is 127. The van der Waals surface area contributed by atoms with Gasteiger partial charge in [0.25, 0.3) is 0 Å². The lowest BCUT2D eigenvalue weighted by Gasteiger charge is -2.10. The third kappa shape index (κ3) is 3.43. The molecule has 0 aliphatic heterocycles. The van der Waals surface area contributed by atoms with Crippen molar-refractivity contribution in [3.05, 3.63) is 54.5 Å². The molecule has 17 heavy (non-hydrogen) atoms. The Hall–Kier alpha value is 0.350. The summed E-state index contributed by atoms with van der Waals surface area (Å²) in [7, 11) is 0. The summed E-state index contributed by atoms with van der Waals surface area (Å²) >= 11 is 13.5. The quantitative estimate of drug-likeness (QED) is 0.412. The smallest absolute Gasteiger partial charge is 0.127 e. The van der Waals surface area contributed by atoms with Crippen LogP contribution in [-0.4, -0.2) is 0 Å². The number of hydrogen-bond donors (Lipinski definition) is 0. The molecular weight excluding hydrogens is 437 g/mol. The molecule has 1 unspecified atom stereocenters. The van der Waals surface area contributed by atoms with Gasteiger partial charge in [-0.25, -0.2) is 4.39 Å². The third-order valence-corrected chi connectivity index (χ3v) is 5.41. The first-order valence-corrected chi connectivity index (χ1v) is 8.14. The number of thiophene rings is 1. The molecule has 2 aromatic rings. The Morgan fingerprint density at radius 1 is 1.47 bits per heavy atom. The second-order valence-corrected chi connectivity index (χ2v) is 7.87. The highest BCUT2D eigenvalue weighted by molar-refractivity contribution is 14.1. The molecule has 1 heterocycles. The van der Waals surface area contributed by atoms with E-state index in [9.17, 15) is 4.39 Å². The lowest BCUT2D eigenvalue weighted by Crippen LogP contribution is -1.98. The van der Waals surface area contributed by atoms with Gasteiger partial charge in [-0.15, -0.1) is 11.3 Å². The van der Waals surface area contributed by atoms with Gasteiger partial charge in [-0.1, -0.05) is 33.6 Å². The molecule has 0 bridgehead atoms. The molecule has 0 amide bonds. The van der Waals surface area contributed by atoms with Crippen molar-refractivity contribution in [1.82, 2.24) is 0 Å². The molecular formula is C12H8BrClFIS. The monoisotopic (exact) mass is 444 g/mol. The standard InChI is InChI=1S/C12H8BrClFIS/c13-9(7-4-12(16)17-6-7)5-8-10(14)2-1-3-11(8)15/h1-4,6,9H,5H2. The summed E-state index contributed by atoms with van der Waals surface area (Å²) < 4.78 is 14.9. The summed E-state index contributed by atoms with van der Waals surface area (Å²) in [5, 5.41) is 2.56. The zero-order chi connectivity index (χ0) is 12.4. The SMILES string of the molecule is Fc1cccc(Cl)c1CC(Br)c1csc(I)c1. The normalized spacial score (nSPS) is 12.7. The molecule has 0 aliphatic rings. The number of hydrogen-bond acceptors (Lipinski definition) is 1. The van der Waals surface area contributed by atoms with Gasteiger partial charge in [0.05, 0.1) is 2.88 Å². The Labute approximate surface area is 130 Å². The van der Waals surface area contributed by atoms with E-state index in [-0.39, 0.29) is 10.6 Å². The van der Waals surface area contributed by atoms with Crippen LogP contribution in [0.25, 0.3) is 0 Å². The molecule has 0 saturated carbocycles. The van der Waals surface area contributed by atoms with Gasteiger partial charge < -0.3 is 0 Å². The van der Waals surface area contributed by atoms with E-state index in [1.54, 1.807) is 23.5 Å². The molecule has 0 saturated heterocycles. The average molecular weight is 446 g/mol. The highest BCUT2D eigenvalue weighted by Crippen LogP contribution is 2.33. The maximum Gasteiger partial charge on any atom is 0.127 e. The van der Waals surface area contributed by atoms with Crippen molar-refractivity contribution in [2.75, 3.05) is 0 Å². The second kappa shape index (κ2) is 5.99. The Bertz CT molecular complexity index is 509. The van der Waals surface area contributed by atoms with Crippen molar-refractivity contribution in [3.63, 3.8) is 0 Å². The van der Waals surface area contributed by atoms with Crippen LogP contribution >= 0.6 is 61.5 Å². The molecule has 0 radical (unpaired) electrons. The van der Waals surface area contributed by atoms with Crippen molar-refractivity contribution < 1.29 is 4.39 Å². The van der Waals surface area contributed by atoms with Crippen LogP contribution in [0.15, 0.2) is 29.6 Å². The maximum atomic E-state index is 13.6. The number of rotatable bonds is 3. The summed E-state index contributed by atoms with van der Waals surface area (Å²) in [4.78, 5) is 0.0941. The maximum absolute atomic E-state index is 13.6. The van der Waals surface area contributed by atoms with Crippen LogP contribution in [0.3, 0.4) is 0 Å². The Morgan fingerprint density at radius 2 is 2.24 bits per heavy atom. The first kappa shape index (κ1) is 13.8. The van der Waals surface area contributed by atoms with Gasteiger partial charge in [0, 0.05) is 15.4 Å². The first-order chi connectivity index (χ1) is 8.08. The Kier molecular flexibility index (Phi) is 4.86. The van der Waals surface area contributed by atoms with Crippen molar-refractivity contribution in [2.24, 2.45) is 0 Å². The van der Waals surface area contributed by atoms with Crippen LogP contribution < -0.4 is 0 Å². The average Bonchev–Trinajstić information content (AvgIpc) is 2.70. The zero-order valence-electron chi connectivity index (χ0n) is 8.59. The van der Waals surface area contributed by atoms with Crippen LogP contribution in [0.4, 0.5) is 4.39 Å². The van der Waals surface area contributed by atoms with Gasteiger partial charge in [0.2, 0.25) is 0 Å². The summed E-state index contributed by atoms with van der Waals surface area (Å²) in [6.07, 6.45) is 0.554. The van der Waals surface area contributed by atoms with Crippen LogP contribution in [0, 0.1) is 8.70 Å². The molecule has 1 aromatic heterocycles. The van der Waals surface area contributed by atoms with Gasteiger partial charge in [0.15, 0.2) is 0 Å². The van der Waals surface area contributed by atoms with Crippen LogP contribution in [0.2, 0.25) is 5.02 Å². The fourth-order valence-electron chi connectivity index (χ4n) is 1.51. The van der Waals surface area contributed by atoms with E-state index < -0.39 is 0 Å². The van der Waals surface area contributed by atoms with Gasteiger partial charge in [-0.05, 0) is 58.2 Å². The molecule has 90 valence electrons. The van der Waals surface area contributed by atoms with Crippen molar-refractivity contribution >= 4 is 61.5 Å². The lowest BCUT2D eigenvalue weighted by atomic mass is 10.1. The predicted octanol–water partition coefficient (Wildman–Crippen LogP) is 5.82. The van der Waals surface area contributed by atoms with E-state index in [0.29, 0.717) is 17.0 Å². The second-order valence-electron chi connectivity index (χ2n) is 3.56. The lowest BCUT2D eigenvalue weighted by molar-refractivity contribution is 0.608. The fraction of sp³-hybridized carbons (Fsp3) is 0.167. The first-order valence-electron chi connectivity index (χ1n) is 4.89. The molecule has 0 spiro atoms. The predicted molar refractivity (Wildman–Crippen MR) is 83.8 cm³/mol. The third-order valence-electron chi connectivity index (χ3n) is 2.39. The molecule has 0 fully saturated rings. The highest BCUT2D eigenvalue weighted by Gasteiger charge is 2.15. The number of halogens is 4. The van der Waals surface area contributed by atoms with Gasteiger partial charge in [-0.3, -0.25) is 0 Å². The van der Waals surface area contributed by atoms with E-state index >= 15 is 0 Å². The van der Waals surface area contributed by atoms with Gasteiger partial charge in [-0.2, -0.15) is 0 Å². The zero-order valence-corrected chi connectivity index (χ0v) is 13.9. The molecule has 5 heteroatoms. The van der Waals surface area contributed by atoms with E-state index in [1.807, 2.05) is 0 Å². The summed E-state index contributed by atoms with van der Waals surface area (Å²) in [6, 6.07) is 6.88. The topological polar surface area (TPSA) is 0 Å². The Balaban J connectivity index is 2.21. The molecule has 2 rings (SSSR count). The number of benzene rings is 1. The molecule has 0 aliphatic carbocycles. The minimum atomic E-state index is -0.244. The van der Waals surface area contributed by atoms with Crippen molar-refractivity contribution in [2.45, 2.75) is 11.2 Å². The van der Waals surface area contributed by atoms with Crippen LogP contribution in [0.1, 0.15) is 16.0 Å². The van der Waals surface area contributed by atoms with Crippen molar-refractivity contribution in [3.8, 4) is 0 Å². The minimum Gasteiger partial charge on any atom is -0.207 e. The van der Waals surface area contributed by atoms with Crippen LogP contribution in [0.5, 0.6) is 0 Å². The largest absolute Gasteiger partial charge is 0.207 e. The van der Waals surface area contributed by atoms with Crippen molar-refractivity contribution in [1.29, 1.82) is 0 Å². The number of alkyl halides is 1. The Morgan fingerprint density at radius 3 is 2.82 bits per heavy atom. The van der Waals surface area contributed by atoms with E-state index in [0.717, 1.165) is 0 Å². The van der Waals surface area contributed by atoms with E-state index in [4.69, 9.17) is 11.6 Å². The van der Waals surface area contributed by atoms with Gasteiger partial charge >= 0.3 is 0 Å². The van der Waals surface area contributed by atoms with E-state index in [2.05, 4.69) is 50.0 Å².